The van der Waals surface area contributed by atoms with Gasteiger partial charge in [0, 0.05) is 10.3 Å². The van der Waals surface area contributed by atoms with Crippen LogP contribution in [-0.2, 0) is 5.41 Å². The van der Waals surface area contributed by atoms with Crippen molar-refractivity contribution in [1.29, 1.82) is 0 Å². The Morgan fingerprint density at radius 1 is 1.28 bits per heavy atom. The Bertz CT molecular complexity index is 543. The van der Waals surface area contributed by atoms with Crippen molar-refractivity contribution in [3.63, 3.8) is 0 Å². The van der Waals surface area contributed by atoms with Gasteiger partial charge in [0.15, 0.2) is 0 Å². The first-order valence-electron chi connectivity index (χ1n) is 5.82. The lowest BCUT2D eigenvalue weighted by Gasteiger charge is -2.21. The second kappa shape index (κ2) is 4.64. The lowest BCUT2D eigenvalue weighted by Crippen LogP contribution is -2.17. The zero-order chi connectivity index (χ0) is 12.8. The minimum atomic E-state index is -0.464. The maximum Gasteiger partial charge on any atom is 0.0979 e. The number of halogens is 2. The molecular weight excluding hydrogens is 332 g/mol. The van der Waals surface area contributed by atoms with E-state index in [2.05, 4.69) is 28.1 Å². The summed E-state index contributed by atoms with van der Waals surface area (Å²) in [7, 11) is 0. The Morgan fingerprint density at radius 3 is 2.44 bits per heavy atom. The Balaban J connectivity index is 1.95. The Labute approximate surface area is 124 Å². The standard InChI is InChI=1S/C14H12BrClOS/c15-13-10(16)8-11(18-13)12(17)14(6-7-14)9-4-2-1-3-5-9/h1-5,8,12,17H,6-7H2. The molecule has 18 heavy (non-hydrogen) atoms. The van der Waals surface area contributed by atoms with E-state index in [4.69, 9.17) is 11.6 Å². The van der Waals surface area contributed by atoms with Crippen LogP contribution in [0.1, 0.15) is 29.4 Å². The number of hydrogen-bond acceptors (Lipinski definition) is 2. The van der Waals surface area contributed by atoms with E-state index in [0.29, 0.717) is 5.02 Å². The van der Waals surface area contributed by atoms with Gasteiger partial charge in [-0.25, -0.2) is 0 Å². The number of aliphatic hydroxyl groups is 1. The fraction of sp³-hybridized carbons (Fsp3) is 0.286. The lowest BCUT2D eigenvalue weighted by atomic mass is 9.89. The van der Waals surface area contributed by atoms with Gasteiger partial charge in [0.2, 0.25) is 0 Å². The third-order valence-electron chi connectivity index (χ3n) is 3.59. The molecule has 0 radical (unpaired) electrons. The molecule has 0 saturated heterocycles. The van der Waals surface area contributed by atoms with Gasteiger partial charge in [0.1, 0.15) is 0 Å². The highest BCUT2D eigenvalue weighted by atomic mass is 79.9. The molecule has 1 aromatic carbocycles. The molecule has 1 aliphatic carbocycles. The third-order valence-corrected chi connectivity index (χ3v) is 6.12. The Hall–Kier alpha value is -0.350. The molecule has 1 aliphatic rings. The van der Waals surface area contributed by atoms with Gasteiger partial charge in [-0.15, -0.1) is 11.3 Å². The third kappa shape index (κ3) is 2.03. The van der Waals surface area contributed by atoms with Gasteiger partial charge in [0.05, 0.1) is 14.9 Å². The van der Waals surface area contributed by atoms with Crippen molar-refractivity contribution in [2.75, 3.05) is 0 Å². The molecule has 1 atom stereocenters. The summed E-state index contributed by atoms with van der Waals surface area (Å²) in [6, 6.07) is 12.1. The summed E-state index contributed by atoms with van der Waals surface area (Å²) < 4.78 is 0.891. The average Bonchev–Trinajstić information content (AvgIpc) is 3.13. The zero-order valence-corrected chi connectivity index (χ0v) is 12.7. The highest BCUT2D eigenvalue weighted by molar-refractivity contribution is 9.11. The minimum absolute atomic E-state index is 0.102. The summed E-state index contributed by atoms with van der Waals surface area (Å²) >= 11 is 11.0. The first-order chi connectivity index (χ1) is 8.63. The van der Waals surface area contributed by atoms with Gasteiger partial charge in [-0.05, 0) is 40.4 Å². The average molecular weight is 344 g/mol. The quantitative estimate of drug-likeness (QED) is 0.838. The van der Waals surface area contributed by atoms with Crippen LogP contribution in [0.2, 0.25) is 5.02 Å². The summed E-state index contributed by atoms with van der Waals surface area (Å²) in [6.07, 6.45) is 1.60. The maximum atomic E-state index is 10.6. The van der Waals surface area contributed by atoms with Crippen LogP contribution < -0.4 is 0 Å². The molecule has 0 amide bonds. The van der Waals surface area contributed by atoms with E-state index >= 15 is 0 Å². The van der Waals surface area contributed by atoms with Crippen LogP contribution in [0.15, 0.2) is 40.2 Å². The molecule has 1 nitrogen and oxygen atoms in total. The van der Waals surface area contributed by atoms with Crippen molar-refractivity contribution in [3.05, 3.63) is 55.6 Å². The summed E-state index contributed by atoms with van der Waals surface area (Å²) in [5.74, 6) is 0. The van der Waals surface area contributed by atoms with E-state index in [1.807, 2.05) is 24.3 Å². The highest BCUT2D eigenvalue weighted by Crippen LogP contribution is 2.57. The SMILES string of the molecule is OC(c1cc(Cl)c(Br)s1)C1(c2ccccc2)CC1. The molecular formula is C14H12BrClOS. The van der Waals surface area contributed by atoms with E-state index in [1.54, 1.807) is 0 Å². The smallest absolute Gasteiger partial charge is 0.0979 e. The van der Waals surface area contributed by atoms with Gasteiger partial charge in [-0.2, -0.15) is 0 Å². The van der Waals surface area contributed by atoms with Crippen LogP contribution in [0.25, 0.3) is 0 Å². The van der Waals surface area contributed by atoms with Crippen molar-refractivity contribution in [3.8, 4) is 0 Å². The predicted octanol–water partition coefficient (Wildman–Crippen LogP) is 4.93. The fourth-order valence-corrected chi connectivity index (χ4v) is 4.25. The number of thiophene rings is 1. The second-order valence-corrected chi connectivity index (χ2v) is 7.50. The van der Waals surface area contributed by atoms with E-state index in [9.17, 15) is 5.11 Å². The van der Waals surface area contributed by atoms with Gasteiger partial charge < -0.3 is 5.11 Å². The summed E-state index contributed by atoms with van der Waals surface area (Å²) in [4.78, 5) is 0.938. The molecule has 0 bridgehead atoms. The van der Waals surface area contributed by atoms with Crippen LogP contribution >= 0.6 is 38.9 Å². The maximum absolute atomic E-state index is 10.6. The van der Waals surface area contributed by atoms with Crippen LogP contribution in [0.5, 0.6) is 0 Å². The van der Waals surface area contributed by atoms with Gasteiger partial charge in [-0.1, -0.05) is 41.9 Å². The van der Waals surface area contributed by atoms with E-state index < -0.39 is 6.10 Å². The van der Waals surface area contributed by atoms with Gasteiger partial charge >= 0.3 is 0 Å². The molecule has 4 heteroatoms. The van der Waals surface area contributed by atoms with Crippen molar-refractivity contribution in [2.24, 2.45) is 0 Å². The predicted molar refractivity (Wildman–Crippen MR) is 79.3 cm³/mol. The van der Waals surface area contributed by atoms with E-state index in [-0.39, 0.29) is 5.41 Å². The topological polar surface area (TPSA) is 20.2 Å². The Morgan fingerprint density at radius 2 is 1.94 bits per heavy atom. The van der Waals surface area contributed by atoms with Crippen molar-refractivity contribution in [2.45, 2.75) is 24.4 Å². The molecule has 1 heterocycles. The van der Waals surface area contributed by atoms with E-state index in [0.717, 1.165) is 21.5 Å². The first-order valence-corrected chi connectivity index (χ1v) is 7.80. The number of aliphatic hydroxyl groups excluding tert-OH is 1. The number of rotatable bonds is 3. The Kier molecular flexibility index (Phi) is 3.27. The van der Waals surface area contributed by atoms with Gasteiger partial charge in [0.25, 0.3) is 0 Å². The first kappa shape index (κ1) is 12.7. The van der Waals surface area contributed by atoms with Crippen molar-refractivity contribution < 1.29 is 5.11 Å². The molecule has 1 saturated carbocycles. The van der Waals surface area contributed by atoms with Crippen LogP contribution in [0.4, 0.5) is 0 Å². The minimum Gasteiger partial charge on any atom is -0.387 e. The zero-order valence-electron chi connectivity index (χ0n) is 9.57. The molecule has 0 aliphatic heterocycles. The lowest BCUT2D eigenvalue weighted by molar-refractivity contribution is 0.136. The molecule has 94 valence electrons. The monoisotopic (exact) mass is 342 g/mol. The molecule has 1 unspecified atom stereocenters. The van der Waals surface area contributed by atoms with Crippen molar-refractivity contribution in [1.82, 2.24) is 0 Å². The van der Waals surface area contributed by atoms with Crippen LogP contribution in [-0.4, -0.2) is 5.11 Å². The molecule has 3 rings (SSSR count). The summed E-state index contributed by atoms with van der Waals surface area (Å²) in [5.41, 5.74) is 1.12. The fourth-order valence-electron chi connectivity index (χ4n) is 2.40. The number of hydrogen-bond donors (Lipinski definition) is 1. The largest absolute Gasteiger partial charge is 0.387 e. The highest BCUT2D eigenvalue weighted by Gasteiger charge is 2.51. The van der Waals surface area contributed by atoms with Gasteiger partial charge in [-0.3, -0.25) is 0 Å². The summed E-state index contributed by atoms with van der Waals surface area (Å²) in [5, 5.41) is 11.3. The second-order valence-electron chi connectivity index (χ2n) is 4.70. The molecule has 1 fully saturated rings. The number of benzene rings is 1. The van der Waals surface area contributed by atoms with Crippen LogP contribution in [0.3, 0.4) is 0 Å². The van der Waals surface area contributed by atoms with Crippen LogP contribution in [0, 0.1) is 0 Å². The van der Waals surface area contributed by atoms with Crippen molar-refractivity contribution >= 4 is 38.9 Å². The van der Waals surface area contributed by atoms with E-state index in [1.165, 1.54) is 16.9 Å². The summed E-state index contributed by atoms with van der Waals surface area (Å²) in [6.45, 7) is 0. The molecule has 2 aromatic rings. The normalized spacial score (nSPS) is 18.6. The molecule has 1 aromatic heterocycles. The molecule has 0 spiro atoms. The molecule has 1 N–H and O–H groups in total.